The summed E-state index contributed by atoms with van der Waals surface area (Å²) in [5, 5.41) is 7.18. The third-order valence-electron chi connectivity index (χ3n) is 2.74. The van der Waals surface area contributed by atoms with Crippen molar-refractivity contribution >= 4 is 0 Å². The van der Waals surface area contributed by atoms with Gasteiger partial charge in [0.1, 0.15) is 5.82 Å². The van der Waals surface area contributed by atoms with Crippen molar-refractivity contribution in [1.82, 2.24) is 20.2 Å². The largest absolute Gasteiger partial charge is 0.381 e. The third-order valence-corrected chi connectivity index (χ3v) is 2.74. The fourth-order valence-electron chi connectivity index (χ4n) is 1.83. The van der Waals surface area contributed by atoms with Crippen molar-refractivity contribution in [2.45, 2.75) is 12.3 Å². The van der Waals surface area contributed by atoms with Crippen molar-refractivity contribution in [3.63, 3.8) is 0 Å². The summed E-state index contributed by atoms with van der Waals surface area (Å²) < 4.78 is 5.33. The van der Waals surface area contributed by atoms with E-state index < -0.39 is 0 Å². The number of H-pyrrole nitrogens is 1. The van der Waals surface area contributed by atoms with Gasteiger partial charge in [-0.3, -0.25) is 10.1 Å². The average Bonchev–Trinajstić information content (AvgIpc) is 3.01. The molecule has 82 valence electrons. The molecule has 1 fully saturated rings. The van der Waals surface area contributed by atoms with Crippen LogP contribution in [0.3, 0.4) is 0 Å². The van der Waals surface area contributed by atoms with Gasteiger partial charge in [-0.2, -0.15) is 5.10 Å². The standard InChI is InChI=1S/C11H12N4O/c1-2-8(6-12-4-1)10-13-11(15-14-10)9-3-5-16-7-9/h1-2,4,6,9H,3,5,7H2,(H,13,14,15)/t9-/m1/s1. The van der Waals surface area contributed by atoms with Crippen LogP contribution in [0.25, 0.3) is 11.4 Å². The van der Waals surface area contributed by atoms with Gasteiger partial charge in [0, 0.05) is 30.5 Å². The van der Waals surface area contributed by atoms with Crippen LogP contribution in [-0.2, 0) is 4.74 Å². The first-order valence-electron chi connectivity index (χ1n) is 5.34. The third kappa shape index (κ3) is 1.69. The van der Waals surface area contributed by atoms with E-state index in [4.69, 9.17) is 4.74 Å². The van der Waals surface area contributed by atoms with Crippen molar-refractivity contribution < 1.29 is 4.74 Å². The molecule has 1 N–H and O–H groups in total. The molecule has 0 bridgehead atoms. The first-order chi connectivity index (χ1) is 7.93. The minimum atomic E-state index is 0.359. The number of pyridine rings is 1. The Bertz CT molecular complexity index is 462. The summed E-state index contributed by atoms with van der Waals surface area (Å²) in [6.45, 7) is 1.55. The molecule has 0 aliphatic carbocycles. The molecule has 5 nitrogen and oxygen atoms in total. The highest BCUT2D eigenvalue weighted by Crippen LogP contribution is 2.23. The minimum absolute atomic E-state index is 0.359. The first kappa shape index (κ1) is 9.47. The molecule has 0 saturated carbocycles. The van der Waals surface area contributed by atoms with Crippen LogP contribution in [0.1, 0.15) is 18.2 Å². The Balaban J connectivity index is 1.87. The lowest BCUT2D eigenvalue weighted by molar-refractivity contribution is 0.193. The maximum Gasteiger partial charge on any atom is 0.182 e. The second-order valence-corrected chi connectivity index (χ2v) is 3.85. The van der Waals surface area contributed by atoms with E-state index >= 15 is 0 Å². The Morgan fingerprint density at radius 2 is 2.44 bits per heavy atom. The summed E-state index contributed by atoms with van der Waals surface area (Å²) in [6.07, 6.45) is 4.52. The lowest BCUT2D eigenvalue weighted by atomic mass is 10.1. The van der Waals surface area contributed by atoms with Gasteiger partial charge in [0.05, 0.1) is 6.61 Å². The molecule has 0 unspecified atom stereocenters. The Labute approximate surface area is 92.9 Å². The Kier molecular flexibility index (Phi) is 2.38. The molecule has 0 spiro atoms. The molecule has 1 atom stereocenters. The topological polar surface area (TPSA) is 63.7 Å². The highest BCUT2D eigenvalue weighted by molar-refractivity contribution is 5.52. The van der Waals surface area contributed by atoms with Crippen molar-refractivity contribution in [1.29, 1.82) is 0 Å². The monoisotopic (exact) mass is 216 g/mol. The van der Waals surface area contributed by atoms with Gasteiger partial charge in [0.15, 0.2) is 5.82 Å². The Morgan fingerprint density at radius 1 is 1.44 bits per heavy atom. The molecule has 1 aliphatic rings. The van der Waals surface area contributed by atoms with Crippen molar-refractivity contribution in [2.24, 2.45) is 0 Å². The van der Waals surface area contributed by atoms with E-state index in [1.807, 2.05) is 12.1 Å². The summed E-state index contributed by atoms with van der Waals surface area (Å²) in [5.74, 6) is 1.98. The maximum atomic E-state index is 5.33. The van der Waals surface area contributed by atoms with E-state index in [1.54, 1.807) is 12.4 Å². The van der Waals surface area contributed by atoms with Crippen LogP contribution in [0, 0.1) is 0 Å². The summed E-state index contributed by atoms with van der Waals surface area (Å²) in [7, 11) is 0. The van der Waals surface area contributed by atoms with E-state index in [-0.39, 0.29) is 0 Å². The average molecular weight is 216 g/mol. The number of nitrogens with one attached hydrogen (secondary N) is 1. The molecule has 2 aromatic rings. The summed E-state index contributed by atoms with van der Waals surface area (Å²) in [6, 6.07) is 3.83. The van der Waals surface area contributed by atoms with E-state index in [0.29, 0.717) is 11.7 Å². The maximum absolute atomic E-state index is 5.33. The predicted octanol–water partition coefficient (Wildman–Crippen LogP) is 1.37. The van der Waals surface area contributed by atoms with Crippen molar-refractivity contribution in [3.8, 4) is 11.4 Å². The van der Waals surface area contributed by atoms with Gasteiger partial charge in [-0.05, 0) is 18.6 Å². The molecule has 0 amide bonds. The molecular formula is C11H12N4O. The van der Waals surface area contributed by atoms with Gasteiger partial charge in [-0.1, -0.05) is 0 Å². The zero-order valence-electron chi connectivity index (χ0n) is 8.76. The lowest BCUT2D eigenvalue weighted by Gasteiger charge is -1.99. The fourth-order valence-corrected chi connectivity index (χ4v) is 1.83. The van der Waals surface area contributed by atoms with Gasteiger partial charge in [-0.15, -0.1) is 0 Å². The van der Waals surface area contributed by atoms with Gasteiger partial charge in [0.25, 0.3) is 0 Å². The molecule has 0 radical (unpaired) electrons. The van der Waals surface area contributed by atoms with E-state index in [9.17, 15) is 0 Å². The fraction of sp³-hybridized carbons (Fsp3) is 0.364. The molecule has 1 aliphatic heterocycles. The molecule has 5 heteroatoms. The number of ether oxygens (including phenoxy) is 1. The van der Waals surface area contributed by atoms with Gasteiger partial charge in [0.2, 0.25) is 0 Å². The SMILES string of the molecule is c1cncc(-c2n[nH]c([C@@H]3CCOC3)n2)c1. The zero-order valence-corrected chi connectivity index (χ0v) is 8.76. The van der Waals surface area contributed by atoms with Crippen LogP contribution >= 0.6 is 0 Å². The number of aromatic nitrogens is 4. The van der Waals surface area contributed by atoms with Crippen LogP contribution in [-0.4, -0.2) is 33.4 Å². The number of nitrogens with zero attached hydrogens (tertiary/aromatic N) is 3. The van der Waals surface area contributed by atoms with Crippen LogP contribution in [0.15, 0.2) is 24.5 Å². The Hall–Kier alpha value is -1.75. The molecule has 16 heavy (non-hydrogen) atoms. The molecule has 0 aromatic carbocycles. The van der Waals surface area contributed by atoms with E-state index in [0.717, 1.165) is 31.0 Å². The number of hydrogen-bond donors (Lipinski definition) is 1. The second kappa shape index (κ2) is 4.02. The second-order valence-electron chi connectivity index (χ2n) is 3.85. The molecule has 3 heterocycles. The minimum Gasteiger partial charge on any atom is -0.381 e. The summed E-state index contributed by atoms with van der Waals surface area (Å²) in [4.78, 5) is 8.53. The van der Waals surface area contributed by atoms with Crippen LogP contribution in [0.5, 0.6) is 0 Å². The molecular weight excluding hydrogens is 204 g/mol. The van der Waals surface area contributed by atoms with Crippen molar-refractivity contribution in [2.75, 3.05) is 13.2 Å². The highest BCUT2D eigenvalue weighted by Gasteiger charge is 2.21. The van der Waals surface area contributed by atoms with Gasteiger partial charge >= 0.3 is 0 Å². The predicted molar refractivity (Wildman–Crippen MR) is 57.8 cm³/mol. The summed E-state index contributed by atoms with van der Waals surface area (Å²) in [5.41, 5.74) is 0.934. The molecule has 1 saturated heterocycles. The number of aromatic amines is 1. The zero-order chi connectivity index (χ0) is 10.8. The quantitative estimate of drug-likeness (QED) is 0.823. The molecule has 2 aromatic heterocycles. The Morgan fingerprint density at radius 3 is 3.19 bits per heavy atom. The number of hydrogen-bond acceptors (Lipinski definition) is 4. The molecule has 3 rings (SSSR count). The van der Waals surface area contributed by atoms with Gasteiger partial charge in [-0.25, -0.2) is 4.98 Å². The van der Waals surface area contributed by atoms with Crippen LogP contribution in [0.2, 0.25) is 0 Å². The normalized spacial score (nSPS) is 20.1. The van der Waals surface area contributed by atoms with E-state index in [2.05, 4.69) is 20.2 Å². The first-order valence-corrected chi connectivity index (χ1v) is 5.34. The van der Waals surface area contributed by atoms with Crippen LogP contribution < -0.4 is 0 Å². The summed E-state index contributed by atoms with van der Waals surface area (Å²) >= 11 is 0. The smallest absolute Gasteiger partial charge is 0.182 e. The van der Waals surface area contributed by atoms with Crippen LogP contribution in [0.4, 0.5) is 0 Å². The van der Waals surface area contributed by atoms with E-state index in [1.165, 1.54) is 0 Å². The lowest BCUT2D eigenvalue weighted by Crippen LogP contribution is -1.99. The highest BCUT2D eigenvalue weighted by atomic mass is 16.5. The van der Waals surface area contributed by atoms with Gasteiger partial charge < -0.3 is 4.74 Å². The number of rotatable bonds is 2. The van der Waals surface area contributed by atoms with Crippen molar-refractivity contribution in [3.05, 3.63) is 30.4 Å².